The van der Waals surface area contributed by atoms with Crippen molar-refractivity contribution in [1.29, 1.82) is 0 Å². The van der Waals surface area contributed by atoms with E-state index in [2.05, 4.69) is 26.2 Å². The molecule has 0 aromatic heterocycles. The Morgan fingerprint density at radius 2 is 1.96 bits per heavy atom. The maximum atomic E-state index is 12.4. The lowest BCUT2D eigenvalue weighted by Crippen LogP contribution is -2.23. The predicted molar refractivity (Wildman–Crippen MR) is 111 cm³/mol. The molecule has 26 heavy (non-hydrogen) atoms. The van der Waals surface area contributed by atoms with E-state index >= 15 is 0 Å². The molecule has 142 valence electrons. The van der Waals surface area contributed by atoms with Crippen LogP contribution >= 0.6 is 15.9 Å². The third kappa shape index (κ3) is 7.12. The fourth-order valence-electron chi connectivity index (χ4n) is 2.32. The number of hydrogen-bond donors (Lipinski definition) is 1. The van der Waals surface area contributed by atoms with E-state index in [9.17, 15) is 9.59 Å². The first-order valence-electron chi connectivity index (χ1n) is 8.66. The molecule has 0 aliphatic heterocycles. The lowest BCUT2D eigenvalue weighted by atomic mass is 9.92. The van der Waals surface area contributed by atoms with Crippen molar-refractivity contribution >= 4 is 39.3 Å². The molecule has 1 aromatic rings. The van der Waals surface area contributed by atoms with Crippen molar-refractivity contribution in [3.63, 3.8) is 0 Å². The van der Waals surface area contributed by atoms with E-state index in [1.807, 2.05) is 51.8 Å². The number of allylic oxidation sites excluding steroid dienone is 1. The van der Waals surface area contributed by atoms with Crippen molar-refractivity contribution in [2.45, 2.75) is 48.0 Å². The molecule has 0 radical (unpaired) electrons. The molecule has 5 nitrogen and oxygen atoms in total. The summed E-state index contributed by atoms with van der Waals surface area (Å²) in [4.78, 5) is 30.5. The number of carbonyl (C=O) groups excluding carboxylic acids is 2. The quantitative estimate of drug-likeness (QED) is 0.522. The molecule has 0 aliphatic rings. The summed E-state index contributed by atoms with van der Waals surface area (Å²) in [5.74, 6) is 0.254. The number of hydrogen-bond acceptors (Lipinski definition) is 2. The second-order valence-corrected chi connectivity index (χ2v) is 8.07. The lowest BCUT2D eigenvalue weighted by molar-refractivity contribution is -0.117. The van der Waals surface area contributed by atoms with Gasteiger partial charge in [-0.1, -0.05) is 26.8 Å². The van der Waals surface area contributed by atoms with Crippen molar-refractivity contribution in [3.05, 3.63) is 40.5 Å². The van der Waals surface area contributed by atoms with Gasteiger partial charge < -0.3 is 10.2 Å². The highest BCUT2D eigenvalue weighted by Gasteiger charge is 2.17. The molecular weight excluding hydrogens is 394 g/mol. The van der Waals surface area contributed by atoms with E-state index in [1.54, 1.807) is 25.1 Å². The molecule has 0 unspecified atom stereocenters. The SMILES string of the molecule is C/C=C\N(CC)C(C)=NC(=O)c1ccc(NC(=O)CC(C)(C)C)c(Br)c1. The van der Waals surface area contributed by atoms with Crippen LogP contribution in [0.15, 0.2) is 39.9 Å². The molecule has 0 spiro atoms. The highest BCUT2D eigenvalue weighted by molar-refractivity contribution is 9.10. The zero-order valence-corrected chi connectivity index (χ0v) is 18.0. The first kappa shape index (κ1) is 22.1. The minimum atomic E-state index is -0.321. The molecule has 0 heterocycles. The molecule has 0 fully saturated rings. The Morgan fingerprint density at radius 1 is 1.31 bits per heavy atom. The number of rotatable bonds is 5. The molecule has 0 aliphatic carbocycles. The van der Waals surface area contributed by atoms with Crippen molar-refractivity contribution in [2.75, 3.05) is 11.9 Å². The van der Waals surface area contributed by atoms with Gasteiger partial charge in [0.2, 0.25) is 5.91 Å². The van der Waals surface area contributed by atoms with Crippen LogP contribution in [-0.2, 0) is 4.79 Å². The number of anilines is 1. The van der Waals surface area contributed by atoms with Gasteiger partial charge in [0.05, 0.1) is 5.69 Å². The summed E-state index contributed by atoms with van der Waals surface area (Å²) in [5, 5.41) is 2.87. The molecule has 1 aromatic carbocycles. The van der Waals surface area contributed by atoms with Gasteiger partial charge in [-0.2, -0.15) is 4.99 Å². The Labute approximate surface area is 164 Å². The normalized spacial score (nSPS) is 12.3. The maximum Gasteiger partial charge on any atom is 0.278 e. The van der Waals surface area contributed by atoms with Crippen LogP contribution < -0.4 is 5.32 Å². The van der Waals surface area contributed by atoms with Gasteiger partial charge in [-0.25, -0.2) is 0 Å². The number of halogens is 1. The predicted octanol–water partition coefficient (Wildman–Crippen LogP) is 5.24. The van der Waals surface area contributed by atoms with Crippen LogP contribution in [0.3, 0.4) is 0 Å². The molecule has 1 rings (SSSR count). The van der Waals surface area contributed by atoms with Crippen molar-refractivity contribution in [1.82, 2.24) is 4.90 Å². The third-order valence-electron chi connectivity index (χ3n) is 3.53. The summed E-state index contributed by atoms with van der Waals surface area (Å²) in [6, 6.07) is 5.06. The van der Waals surface area contributed by atoms with E-state index in [4.69, 9.17) is 0 Å². The van der Waals surface area contributed by atoms with Gasteiger partial charge in [0.1, 0.15) is 5.84 Å². The summed E-state index contributed by atoms with van der Waals surface area (Å²) in [6.07, 6.45) is 4.20. The molecule has 0 saturated carbocycles. The Balaban J connectivity index is 2.92. The fraction of sp³-hybridized carbons (Fsp3) is 0.450. The second-order valence-electron chi connectivity index (χ2n) is 7.21. The lowest BCUT2D eigenvalue weighted by Gasteiger charge is -2.18. The van der Waals surface area contributed by atoms with Gasteiger partial charge >= 0.3 is 0 Å². The zero-order valence-electron chi connectivity index (χ0n) is 16.4. The minimum Gasteiger partial charge on any atom is -0.337 e. The average molecular weight is 422 g/mol. The molecule has 0 saturated heterocycles. The summed E-state index contributed by atoms with van der Waals surface area (Å²) in [7, 11) is 0. The summed E-state index contributed by atoms with van der Waals surface area (Å²) in [6.45, 7) is 12.5. The Morgan fingerprint density at radius 3 is 2.46 bits per heavy atom. The van der Waals surface area contributed by atoms with E-state index in [0.29, 0.717) is 28.0 Å². The topological polar surface area (TPSA) is 61.8 Å². The standard InChI is InChI=1S/C20H28BrN3O2/c1-7-11-24(8-2)14(3)22-19(26)15-9-10-17(16(21)12-15)23-18(25)13-20(4,5)6/h7,9-12H,8,13H2,1-6H3,(H,23,25)/b11-7-,22-14?. The number of nitrogens with one attached hydrogen (secondary N) is 1. The van der Waals surface area contributed by atoms with E-state index in [0.717, 1.165) is 6.54 Å². The van der Waals surface area contributed by atoms with E-state index in [-0.39, 0.29) is 17.2 Å². The van der Waals surface area contributed by atoms with Crippen molar-refractivity contribution < 1.29 is 9.59 Å². The van der Waals surface area contributed by atoms with Crippen LogP contribution in [0.25, 0.3) is 0 Å². The van der Waals surface area contributed by atoms with Crippen molar-refractivity contribution in [2.24, 2.45) is 10.4 Å². The monoisotopic (exact) mass is 421 g/mol. The van der Waals surface area contributed by atoms with Crippen LogP contribution in [0.2, 0.25) is 0 Å². The largest absolute Gasteiger partial charge is 0.337 e. The molecule has 0 bridgehead atoms. The van der Waals surface area contributed by atoms with Gasteiger partial charge in [0.25, 0.3) is 5.91 Å². The molecule has 1 N–H and O–H groups in total. The van der Waals surface area contributed by atoms with Gasteiger partial charge in [0, 0.05) is 29.2 Å². The Hall–Kier alpha value is -1.95. The Bertz CT molecular complexity index is 718. The summed E-state index contributed by atoms with van der Waals surface area (Å²) in [5.41, 5.74) is 1.01. The van der Waals surface area contributed by atoms with Crippen molar-refractivity contribution in [3.8, 4) is 0 Å². The average Bonchev–Trinajstić information content (AvgIpc) is 2.52. The number of amidine groups is 1. The smallest absolute Gasteiger partial charge is 0.278 e. The van der Waals surface area contributed by atoms with Gasteiger partial charge in [0.15, 0.2) is 0 Å². The third-order valence-corrected chi connectivity index (χ3v) is 4.19. The highest BCUT2D eigenvalue weighted by atomic mass is 79.9. The van der Waals surface area contributed by atoms with Crippen LogP contribution in [0.5, 0.6) is 0 Å². The number of aliphatic imine (C=N–C) groups is 1. The molecule has 2 amide bonds. The molecule has 0 atom stereocenters. The first-order valence-corrected chi connectivity index (χ1v) is 9.45. The zero-order chi connectivity index (χ0) is 19.9. The maximum absolute atomic E-state index is 12.4. The first-order chi connectivity index (χ1) is 12.1. The molecule has 6 heteroatoms. The van der Waals surface area contributed by atoms with E-state index in [1.165, 1.54) is 0 Å². The number of carbonyl (C=O) groups is 2. The van der Waals surface area contributed by atoms with E-state index < -0.39 is 0 Å². The van der Waals surface area contributed by atoms with Crippen LogP contribution in [0.4, 0.5) is 5.69 Å². The number of amides is 2. The highest BCUT2D eigenvalue weighted by Crippen LogP contribution is 2.26. The number of nitrogens with zero attached hydrogens (tertiary/aromatic N) is 2. The Kier molecular flexibility index (Phi) is 8.21. The second kappa shape index (κ2) is 9.67. The fourth-order valence-corrected chi connectivity index (χ4v) is 2.80. The van der Waals surface area contributed by atoms with Crippen LogP contribution in [0.1, 0.15) is 58.3 Å². The van der Waals surface area contributed by atoms with Crippen LogP contribution in [-0.4, -0.2) is 29.1 Å². The van der Waals surface area contributed by atoms with Crippen LogP contribution in [0, 0.1) is 5.41 Å². The summed E-state index contributed by atoms with van der Waals surface area (Å²) >= 11 is 3.42. The number of benzene rings is 1. The van der Waals surface area contributed by atoms with Gasteiger partial charge in [-0.15, -0.1) is 0 Å². The van der Waals surface area contributed by atoms with Gasteiger partial charge in [-0.3, -0.25) is 9.59 Å². The molecular formula is C20H28BrN3O2. The minimum absolute atomic E-state index is 0.0592. The van der Waals surface area contributed by atoms with Gasteiger partial charge in [-0.05, 0) is 60.3 Å². The summed E-state index contributed by atoms with van der Waals surface area (Å²) < 4.78 is 0.652.